The van der Waals surface area contributed by atoms with Gasteiger partial charge < -0.3 is 28.3 Å². The Bertz CT molecular complexity index is 88.0. The van der Waals surface area contributed by atoms with Crippen molar-refractivity contribution in [3.63, 3.8) is 0 Å². The molecule has 0 saturated heterocycles. The summed E-state index contributed by atoms with van der Waals surface area (Å²) in [6.45, 7) is 0. The molecule has 0 atom stereocenters. The van der Waals surface area contributed by atoms with Crippen molar-refractivity contribution >= 4 is 15.7 Å². The summed E-state index contributed by atoms with van der Waals surface area (Å²) >= 11 is 0. The van der Waals surface area contributed by atoms with Gasteiger partial charge in [-0.3, -0.25) is 0 Å². The van der Waals surface area contributed by atoms with Crippen LogP contribution >= 0.6 is 0 Å². The van der Waals surface area contributed by atoms with Gasteiger partial charge in [-0.05, 0) is 0 Å². The molecule has 0 rings (SSSR count). The molecule has 12 heavy (non-hydrogen) atoms. The third-order valence-corrected chi connectivity index (χ3v) is 1.73. The van der Waals surface area contributed by atoms with Gasteiger partial charge in [0.2, 0.25) is 6.16 Å². The van der Waals surface area contributed by atoms with E-state index in [9.17, 15) is 0 Å². The van der Waals surface area contributed by atoms with Gasteiger partial charge in [-0.15, -0.1) is 0 Å². The van der Waals surface area contributed by atoms with Crippen LogP contribution in [0.3, 0.4) is 0 Å². The van der Waals surface area contributed by atoms with Crippen molar-refractivity contribution in [1.82, 2.24) is 0 Å². The number of carbonyl (C=O) groups is 1. The molecule has 0 aliphatic heterocycles. The van der Waals surface area contributed by atoms with Gasteiger partial charge in [-0.25, -0.2) is 0 Å². The van der Waals surface area contributed by atoms with Crippen LogP contribution in [-0.2, 0) is 13.3 Å². The Morgan fingerprint density at radius 1 is 1.25 bits per heavy atom. The summed E-state index contributed by atoms with van der Waals surface area (Å²) in [6.07, 6.45) is -2.08. The van der Waals surface area contributed by atoms with Crippen molar-refractivity contribution < 1.29 is 57.8 Å². The minimum absolute atomic E-state index is 0. The van der Waals surface area contributed by atoms with Gasteiger partial charge in [0.25, 0.3) is 0 Å². The number of hydrogen-bond acceptors (Lipinski definition) is 5. The van der Waals surface area contributed by atoms with Crippen molar-refractivity contribution in [2.75, 3.05) is 21.3 Å². The van der Waals surface area contributed by atoms with Crippen LogP contribution in [0.5, 0.6) is 0 Å². The van der Waals surface area contributed by atoms with Crippen LogP contribution in [0.4, 0.5) is 4.79 Å². The predicted molar refractivity (Wildman–Crippen MR) is 36.2 cm³/mol. The van der Waals surface area contributed by atoms with Crippen LogP contribution in [0.1, 0.15) is 0 Å². The van der Waals surface area contributed by atoms with Crippen molar-refractivity contribution in [1.29, 1.82) is 0 Å². The molecule has 0 radical (unpaired) electrons. The first-order valence-electron chi connectivity index (χ1n) is 2.56. The molecule has 0 unspecified atom stereocenters. The Hall–Kier alpha value is 0.367. The Balaban J connectivity index is -0.000000142. The van der Waals surface area contributed by atoms with Gasteiger partial charge in [0, 0.05) is 21.3 Å². The first-order chi connectivity index (χ1) is 5.08. The summed E-state index contributed by atoms with van der Waals surface area (Å²) in [5.41, 5.74) is 0. The third kappa shape index (κ3) is 22.4. The van der Waals surface area contributed by atoms with Gasteiger partial charge in [0.15, 0.2) is 0 Å². The molecule has 0 spiro atoms. The fraction of sp³-hybridized carbons (Fsp3) is 0.750. The molecule has 0 aromatic rings. The Labute approximate surface area is 94.7 Å². The quantitative estimate of drug-likeness (QED) is 0.468. The smallest absolute Gasteiger partial charge is 0.565 e. The van der Waals surface area contributed by atoms with Gasteiger partial charge in [0.1, 0.15) is 0 Å². The van der Waals surface area contributed by atoms with Crippen molar-refractivity contribution in [2.45, 2.75) is 0 Å². The zero-order chi connectivity index (χ0) is 9.28. The second-order valence-electron chi connectivity index (χ2n) is 1.26. The second-order valence-corrected chi connectivity index (χ2v) is 3.25. The zero-order valence-corrected chi connectivity index (χ0v) is 10.7. The first kappa shape index (κ1) is 18.2. The maximum Gasteiger partial charge on any atom is 1.00 e. The minimum Gasteiger partial charge on any atom is -0.565 e. The summed E-state index contributed by atoms with van der Waals surface area (Å²) in [7, 11) is 3.05. The summed E-state index contributed by atoms with van der Waals surface area (Å²) in [6, 6.07) is 0. The van der Waals surface area contributed by atoms with Crippen LogP contribution in [-0.4, -0.2) is 42.1 Å². The molecular formula is C4H11NaO6Si. The molecule has 0 amide bonds. The van der Waals surface area contributed by atoms with Crippen LogP contribution in [0.2, 0.25) is 0 Å². The SMILES string of the molecule is CO[SiH](OC)OC.O=C([O-])O.[Na+]. The molecule has 8 heteroatoms. The summed E-state index contributed by atoms with van der Waals surface area (Å²) < 4.78 is 14.2. The molecule has 0 bridgehead atoms. The topological polar surface area (TPSA) is 88.1 Å². The van der Waals surface area contributed by atoms with Crippen LogP contribution in [0.15, 0.2) is 0 Å². The number of carboxylic acid groups (broad SMARTS) is 2. The predicted octanol–water partition coefficient (Wildman–Crippen LogP) is -4.47. The maximum absolute atomic E-state index is 8.44. The molecule has 0 aliphatic rings. The largest absolute Gasteiger partial charge is 1.00 e. The summed E-state index contributed by atoms with van der Waals surface area (Å²) in [5, 5.41) is 15.3. The second kappa shape index (κ2) is 13.9. The van der Waals surface area contributed by atoms with Crippen LogP contribution < -0.4 is 34.7 Å². The number of hydrogen-bond donors (Lipinski definition) is 1. The number of rotatable bonds is 3. The van der Waals surface area contributed by atoms with Crippen molar-refractivity contribution in [3.05, 3.63) is 0 Å². The van der Waals surface area contributed by atoms with Crippen molar-refractivity contribution in [2.24, 2.45) is 0 Å². The first-order valence-corrected chi connectivity index (χ1v) is 3.98. The maximum atomic E-state index is 8.44. The van der Waals surface area contributed by atoms with Gasteiger partial charge in [0.05, 0.1) is 0 Å². The van der Waals surface area contributed by atoms with Crippen LogP contribution in [0, 0.1) is 0 Å². The third-order valence-electron chi connectivity index (χ3n) is 0.577. The molecule has 0 aromatic heterocycles. The molecule has 0 saturated carbocycles. The van der Waals surface area contributed by atoms with E-state index >= 15 is 0 Å². The average Bonchev–Trinajstić information content (AvgIpc) is 1.90. The Morgan fingerprint density at radius 2 is 1.42 bits per heavy atom. The van der Waals surface area contributed by atoms with E-state index in [1.807, 2.05) is 0 Å². The van der Waals surface area contributed by atoms with E-state index in [4.69, 9.17) is 28.3 Å². The van der Waals surface area contributed by atoms with Gasteiger partial charge in [-0.1, -0.05) is 0 Å². The van der Waals surface area contributed by atoms with E-state index in [1.54, 1.807) is 21.3 Å². The van der Waals surface area contributed by atoms with E-state index < -0.39 is 15.7 Å². The van der Waals surface area contributed by atoms with Crippen LogP contribution in [0.25, 0.3) is 0 Å². The normalized spacial score (nSPS) is 8.00. The molecule has 0 aliphatic carbocycles. The zero-order valence-electron chi connectivity index (χ0n) is 7.57. The monoisotopic (exact) mass is 206 g/mol. The molecule has 68 valence electrons. The molecular weight excluding hydrogens is 195 g/mol. The summed E-state index contributed by atoms with van der Waals surface area (Å²) in [4.78, 5) is 8.44. The Kier molecular flexibility index (Phi) is 21.1. The molecule has 0 aromatic carbocycles. The van der Waals surface area contributed by atoms with E-state index in [0.717, 1.165) is 0 Å². The van der Waals surface area contributed by atoms with E-state index in [2.05, 4.69) is 0 Å². The fourth-order valence-corrected chi connectivity index (χ4v) is 0.866. The molecule has 0 fully saturated rings. The molecule has 1 N–H and O–H groups in total. The minimum atomic E-state index is -2.08. The van der Waals surface area contributed by atoms with E-state index in [1.165, 1.54) is 0 Å². The molecule has 6 nitrogen and oxygen atoms in total. The standard InChI is InChI=1S/C3H10O3Si.CH2O3.Na/c1-4-7(5-2)6-3;2-1(3)4;/h7H,1-3H3;(H2,2,3,4);/q;;+1/p-1. The van der Waals surface area contributed by atoms with Gasteiger partial charge >= 0.3 is 39.1 Å². The van der Waals surface area contributed by atoms with Gasteiger partial charge in [-0.2, -0.15) is 0 Å². The fourth-order valence-electron chi connectivity index (χ4n) is 0.289. The van der Waals surface area contributed by atoms with Crippen molar-refractivity contribution in [3.8, 4) is 0 Å². The van der Waals surface area contributed by atoms with E-state index in [-0.39, 0.29) is 29.6 Å². The van der Waals surface area contributed by atoms with E-state index in [0.29, 0.717) is 0 Å². The summed E-state index contributed by atoms with van der Waals surface area (Å²) in [5.74, 6) is 0. The Morgan fingerprint density at radius 3 is 1.42 bits per heavy atom. The average molecular weight is 206 g/mol. The molecule has 0 heterocycles.